The van der Waals surface area contributed by atoms with Gasteiger partial charge in [0.05, 0.1) is 11.5 Å². The van der Waals surface area contributed by atoms with Crippen LogP contribution in [0.5, 0.6) is 0 Å². The van der Waals surface area contributed by atoms with Crippen molar-refractivity contribution in [2.24, 2.45) is 11.3 Å². The Morgan fingerprint density at radius 1 is 1.72 bits per heavy atom. The van der Waals surface area contributed by atoms with Crippen molar-refractivity contribution >= 4 is 27.3 Å². The molecule has 3 unspecified atom stereocenters. The lowest BCUT2D eigenvalue weighted by Gasteiger charge is -2.26. The summed E-state index contributed by atoms with van der Waals surface area (Å²) in [5.41, 5.74) is -0.572. The molecule has 1 fully saturated rings. The molecule has 0 radical (unpaired) electrons. The third kappa shape index (κ3) is 2.36. The highest BCUT2D eigenvalue weighted by Crippen LogP contribution is 2.51. The minimum Gasteiger partial charge on any atom is -0.386 e. The van der Waals surface area contributed by atoms with Crippen LogP contribution in [0.2, 0.25) is 0 Å². The van der Waals surface area contributed by atoms with Gasteiger partial charge in [0.2, 0.25) is 0 Å². The minimum atomic E-state index is -0.644. The van der Waals surface area contributed by atoms with Crippen molar-refractivity contribution in [3.8, 4) is 6.07 Å². The molecule has 1 N–H and O–H groups in total. The fourth-order valence-corrected chi connectivity index (χ4v) is 4.49. The first-order valence-electron chi connectivity index (χ1n) is 6.37. The van der Waals surface area contributed by atoms with E-state index in [1.807, 2.05) is 13.0 Å². The normalized spacial score (nSPS) is 29.2. The Morgan fingerprint density at radius 2 is 2.44 bits per heavy atom. The third-order valence-corrected chi connectivity index (χ3v) is 6.31. The third-order valence-electron chi connectivity index (χ3n) is 4.12. The molecule has 98 valence electrons. The van der Waals surface area contributed by atoms with Gasteiger partial charge in [0.25, 0.3) is 0 Å². The van der Waals surface area contributed by atoms with Gasteiger partial charge in [-0.05, 0) is 54.1 Å². The Kier molecular flexibility index (Phi) is 4.15. The van der Waals surface area contributed by atoms with E-state index in [-0.39, 0.29) is 0 Å². The monoisotopic (exact) mass is 327 g/mol. The van der Waals surface area contributed by atoms with Crippen LogP contribution in [-0.2, 0) is 0 Å². The summed E-state index contributed by atoms with van der Waals surface area (Å²) in [4.78, 5) is 2.07. The van der Waals surface area contributed by atoms with Gasteiger partial charge in [-0.15, -0.1) is 11.3 Å². The molecule has 18 heavy (non-hydrogen) atoms. The molecule has 0 bridgehead atoms. The number of rotatable bonds is 3. The smallest absolute Gasteiger partial charge is 0.107 e. The van der Waals surface area contributed by atoms with Crippen molar-refractivity contribution in [1.82, 2.24) is 0 Å². The first kappa shape index (κ1) is 14.0. The standard InChI is InChI=1S/C14H18BrNOS/c1-3-10-4-5-14(7-10,8-16)13(17)12-6-11(15)9(2)18-12/h6,10,13,17H,3-5,7H2,1-2H3. The van der Waals surface area contributed by atoms with Crippen LogP contribution in [0.15, 0.2) is 10.5 Å². The Bertz CT molecular complexity index is 459. The van der Waals surface area contributed by atoms with E-state index in [0.29, 0.717) is 5.92 Å². The molecule has 0 aliphatic heterocycles. The maximum absolute atomic E-state index is 10.6. The SMILES string of the molecule is CCC1CCC(C#N)(C(O)c2cc(Br)c(C)s2)C1. The van der Waals surface area contributed by atoms with Gasteiger partial charge in [0.1, 0.15) is 6.10 Å². The van der Waals surface area contributed by atoms with Gasteiger partial charge in [0, 0.05) is 14.2 Å². The van der Waals surface area contributed by atoms with E-state index in [9.17, 15) is 10.4 Å². The van der Waals surface area contributed by atoms with Gasteiger partial charge < -0.3 is 5.11 Å². The summed E-state index contributed by atoms with van der Waals surface area (Å²) in [6, 6.07) is 4.37. The van der Waals surface area contributed by atoms with Crippen molar-refractivity contribution < 1.29 is 5.11 Å². The highest BCUT2D eigenvalue weighted by Gasteiger charge is 2.45. The number of hydrogen-bond acceptors (Lipinski definition) is 3. The van der Waals surface area contributed by atoms with E-state index in [4.69, 9.17) is 0 Å². The second-order valence-corrected chi connectivity index (χ2v) is 7.38. The van der Waals surface area contributed by atoms with Crippen molar-refractivity contribution in [3.63, 3.8) is 0 Å². The maximum Gasteiger partial charge on any atom is 0.107 e. The van der Waals surface area contributed by atoms with Crippen molar-refractivity contribution in [2.45, 2.75) is 45.6 Å². The van der Waals surface area contributed by atoms with Gasteiger partial charge in [-0.1, -0.05) is 13.3 Å². The number of thiophene rings is 1. The molecule has 2 nitrogen and oxygen atoms in total. The summed E-state index contributed by atoms with van der Waals surface area (Å²) in [6.07, 6.45) is 3.16. The summed E-state index contributed by atoms with van der Waals surface area (Å²) in [5.74, 6) is 0.587. The predicted molar refractivity (Wildman–Crippen MR) is 77.4 cm³/mol. The second-order valence-electron chi connectivity index (χ2n) is 5.24. The average molecular weight is 328 g/mol. The first-order chi connectivity index (χ1) is 8.52. The molecule has 1 aliphatic rings. The zero-order valence-electron chi connectivity index (χ0n) is 10.7. The molecule has 0 spiro atoms. The van der Waals surface area contributed by atoms with Gasteiger partial charge in [0.15, 0.2) is 0 Å². The van der Waals surface area contributed by atoms with Crippen molar-refractivity contribution in [3.05, 3.63) is 20.3 Å². The Morgan fingerprint density at radius 3 is 2.89 bits per heavy atom. The molecular formula is C14H18BrNOS. The summed E-state index contributed by atoms with van der Waals surface area (Å²) >= 11 is 5.06. The second kappa shape index (κ2) is 5.32. The molecule has 1 aromatic heterocycles. The van der Waals surface area contributed by atoms with Crippen LogP contribution >= 0.6 is 27.3 Å². The van der Waals surface area contributed by atoms with Crippen LogP contribution in [0.4, 0.5) is 0 Å². The lowest BCUT2D eigenvalue weighted by molar-refractivity contribution is 0.0671. The molecule has 4 heteroatoms. The van der Waals surface area contributed by atoms with Gasteiger partial charge >= 0.3 is 0 Å². The molecule has 0 amide bonds. The van der Waals surface area contributed by atoms with Crippen LogP contribution in [0.3, 0.4) is 0 Å². The number of nitrogens with zero attached hydrogens (tertiary/aromatic N) is 1. The molecule has 2 rings (SSSR count). The fraction of sp³-hybridized carbons (Fsp3) is 0.643. The van der Waals surface area contributed by atoms with Crippen LogP contribution < -0.4 is 0 Å². The van der Waals surface area contributed by atoms with Crippen LogP contribution in [0.1, 0.15) is 48.5 Å². The predicted octanol–water partition coefficient (Wildman–Crippen LogP) is 4.57. The van der Waals surface area contributed by atoms with E-state index < -0.39 is 11.5 Å². The molecule has 1 aromatic rings. The number of aliphatic hydroxyl groups excluding tert-OH is 1. The number of hydrogen-bond donors (Lipinski definition) is 1. The minimum absolute atomic E-state index is 0.572. The zero-order valence-corrected chi connectivity index (χ0v) is 13.1. The van der Waals surface area contributed by atoms with E-state index in [0.717, 1.165) is 39.9 Å². The summed E-state index contributed by atoms with van der Waals surface area (Å²) in [7, 11) is 0. The van der Waals surface area contributed by atoms with Gasteiger partial charge in [-0.25, -0.2) is 0 Å². The molecule has 1 saturated carbocycles. The lowest BCUT2D eigenvalue weighted by atomic mass is 9.80. The highest BCUT2D eigenvalue weighted by atomic mass is 79.9. The van der Waals surface area contributed by atoms with E-state index in [2.05, 4.69) is 28.9 Å². The number of aliphatic hydroxyl groups is 1. The molecule has 0 saturated heterocycles. The van der Waals surface area contributed by atoms with E-state index in [1.54, 1.807) is 11.3 Å². The zero-order chi connectivity index (χ0) is 13.3. The van der Waals surface area contributed by atoms with Crippen LogP contribution in [0.25, 0.3) is 0 Å². The summed E-state index contributed by atoms with van der Waals surface area (Å²) < 4.78 is 1.03. The molecular weight excluding hydrogens is 310 g/mol. The lowest BCUT2D eigenvalue weighted by Crippen LogP contribution is -2.24. The Labute approximate surface area is 121 Å². The Hall–Kier alpha value is -0.370. The Balaban J connectivity index is 2.26. The van der Waals surface area contributed by atoms with E-state index in [1.165, 1.54) is 0 Å². The van der Waals surface area contributed by atoms with Crippen LogP contribution in [-0.4, -0.2) is 5.11 Å². The van der Waals surface area contributed by atoms with Crippen molar-refractivity contribution in [1.29, 1.82) is 5.26 Å². The summed E-state index contributed by atoms with van der Waals surface area (Å²) in [5, 5.41) is 20.1. The summed E-state index contributed by atoms with van der Waals surface area (Å²) in [6.45, 7) is 4.18. The van der Waals surface area contributed by atoms with Crippen molar-refractivity contribution in [2.75, 3.05) is 0 Å². The van der Waals surface area contributed by atoms with E-state index >= 15 is 0 Å². The number of aryl methyl sites for hydroxylation is 1. The fourth-order valence-electron chi connectivity index (χ4n) is 2.83. The molecule has 0 aromatic carbocycles. The number of halogens is 1. The highest BCUT2D eigenvalue weighted by molar-refractivity contribution is 9.10. The van der Waals surface area contributed by atoms with Gasteiger partial charge in [-0.2, -0.15) is 5.26 Å². The largest absolute Gasteiger partial charge is 0.386 e. The molecule has 1 heterocycles. The van der Waals surface area contributed by atoms with Crippen LogP contribution in [0, 0.1) is 29.6 Å². The first-order valence-corrected chi connectivity index (χ1v) is 7.98. The number of nitriles is 1. The topological polar surface area (TPSA) is 44.0 Å². The maximum atomic E-state index is 10.6. The molecule has 3 atom stereocenters. The molecule has 1 aliphatic carbocycles. The quantitative estimate of drug-likeness (QED) is 0.883. The average Bonchev–Trinajstić information content (AvgIpc) is 2.94. The van der Waals surface area contributed by atoms with Gasteiger partial charge in [-0.3, -0.25) is 0 Å².